The molecule has 3 N–H and O–H groups in total. The first-order valence-electron chi connectivity index (χ1n) is 5.52. The van der Waals surface area contributed by atoms with Gasteiger partial charge in [-0.2, -0.15) is 0 Å². The lowest BCUT2D eigenvalue weighted by molar-refractivity contribution is -0.118. The second kappa shape index (κ2) is 5.71. The molecule has 1 aromatic carbocycles. The number of nitrogens with one attached hydrogen (secondary N) is 1. The van der Waals surface area contributed by atoms with E-state index in [9.17, 15) is 9.18 Å². The molecule has 0 saturated carbocycles. The predicted octanol–water partition coefficient (Wildman–Crippen LogP) is 3.60. The molecule has 1 amide bonds. The molecule has 1 unspecified atom stereocenters. The van der Waals surface area contributed by atoms with E-state index in [0.717, 1.165) is 14.9 Å². The quantitative estimate of drug-likeness (QED) is 0.891. The van der Waals surface area contributed by atoms with Gasteiger partial charge in [0.05, 0.1) is 0 Å². The largest absolute Gasteiger partial charge is 0.369 e. The molecule has 1 heterocycles. The number of thiophene rings is 1. The molecule has 6 heteroatoms. The average molecular weight is 343 g/mol. The van der Waals surface area contributed by atoms with E-state index in [1.54, 1.807) is 13.0 Å². The average Bonchev–Trinajstić information content (AvgIpc) is 2.70. The van der Waals surface area contributed by atoms with Gasteiger partial charge in [-0.25, -0.2) is 4.39 Å². The van der Waals surface area contributed by atoms with Gasteiger partial charge in [-0.1, -0.05) is 0 Å². The fraction of sp³-hybridized carbons (Fsp3) is 0.154. The molecule has 0 fully saturated rings. The summed E-state index contributed by atoms with van der Waals surface area (Å²) in [4.78, 5) is 12.3. The Morgan fingerprint density at radius 3 is 2.68 bits per heavy atom. The standard InChI is InChI=1S/C13H12BrFN2OS/c1-7-2-9(15)5-10(3-7)17-12(13(16)18)11-4-8(14)6-19-11/h2-6,12,17H,1H3,(H2,16,18). The third kappa shape index (κ3) is 3.54. The Labute approximate surface area is 122 Å². The number of halogens is 2. The van der Waals surface area contributed by atoms with Gasteiger partial charge in [-0.15, -0.1) is 11.3 Å². The molecule has 19 heavy (non-hydrogen) atoms. The molecule has 0 spiro atoms. The number of hydrogen-bond acceptors (Lipinski definition) is 3. The Morgan fingerprint density at radius 1 is 1.42 bits per heavy atom. The molecular formula is C13H12BrFN2OS. The van der Waals surface area contributed by atoms with Crippen LogP contribution in [-0.4, -0.2) is 5.91 Å². The van der Waals surface area contributed by atoms with Crippen molar-refractivity contribution < 1.29 is 9.18 Å². The molecule has 2 rings (SSSR count). The first kappa shape index (κ1) is 14.0. The van der Waals surface area contributed by atoms with Crippen LogP contribution in [0.3, 0.4) is 0 Å². The third-order valence-electron chi connectivity index (χ3n) is 2.51. The number of amides is 1. The number of primary amides is 1. The number of carbonyl (C=O) groups is 1. The van der Waals surface area contributed by atoms with Gasteiger partial charge in [-0.05, 0) is 52.7 Å². The smallest absolute Gasteiger partial charge is 0.245 e. The Kier molecular flexibility index (Phi) is 4.21. The summed E-state index contributed by atoms with van der Waals surface area (Å²) in [6.07, 6.45) is 0. The van der Waals surface area contributed by atoms with Gasteiger partial charge in [0.15, 0.2) is 0 Å². The van der Waals surface area contributed by atoms with Gasteiger partial charge in [0.2, 0.25) is 5.91 Å². The predicted molar refractivity (Wildman–Crippen MR) is 78.7 cm³/mol. The van der Waals surface area contributed by atoms with E-state index in [1.165, 1.54) is 23.5 Å². The molecule has 0 radical (unpaired) electrons. The summed E-state index contributed by atoms with van der Waals surface area (Å²) in [5.74, 6) is -0.852. The number of aryl methyl sites for hydroxylation is 1. The SMILES string of the molecule is Cc1cc(F)cc(NC(C(N)=O)c2cc(Br)cs2)c1. The van der Waals surface area contributed by atoms with Gasteiger partial charge < -0.3 is 11.1 Å². The zero-order valence-electron chi connectivity index (χ0n) is 10.1. The van der Waals surface area contributed by atoms with Crippen LogP contribution >= 0.6 is 27.3 Å². The summed E-state index contributed by atoms with van der Waals surface area (Å²) < 4.78 is 14.2. The number of hydrogen-bond donors (Lipinski definition) is 2. The maximum absolute atomic E-state index is 13.3. The second-order valence-electron chi connectivity index (χ2n) is 4.16. The van der Waals surface area contributed by atoms with Gasteiger partial charge in [-0.3, -0.25) is 4.79 Å². The highest BCUT2D eigenvalue weighted by Gasteiger charge is 2.19. The van der Waals surface area contributed by atoms with Crippen molar-refractivity contribution in [1.29, 1.82) is 0 Å². The monoisotopic (exact) mass is 342 g/mol. The van der Waals surface area contributed by atoms with Crippen LogP contribution < -0.4 is 11.1 Å². The fourth-order valence-electron chi connectivity index (χ4n) is 1.75. The summed E-state index contributed by atoms with van der Waals surface area (Å²) >= 11 is 4.74. The Bertz CT molecular complexity index is 594. The first-order chi connectivity index (χ1) is 8.95. The number of anilines is 1. The molecule has 0 bridgehead atoms. The highest BCUT2D eigenvalue weighted by atomic mass is 79.9. The van der Waals surface area contributed by atoms with Crippen molar-refractivity contribution in [1.82, 2.24) is 0 Å². The normalized spacial score (nSPS) is 12.2. The van der Waals surface area contributed by atoms with Crippen LogP contribution in [0, 0.1) is 12.7 Å². The molecular weight excluding hydrogens is 331 g/mol. The summed E-state index contributed by atoms with van der Waals surface area (Å²) in [6, 6.07) is 5.68. The van der Waals surface area contributed by atoms with Crippen LogP contribution in [-0.2, 0) is 4.79 Å². The van der Waals surface area contributed by atoms with Crippen molar-refractivity contribution in [2.45, 2.75) is 13.0 Å². The van der Waals surface area contributed by atoms with Crippen LogP contribution in [0.2, 0.25) is 0 Å². The molecule has 0 aliphatic carbocycles. The van der Waals surface area contributed by atoms with Crippen molar-refractivity contribution in [2.75, 3.05) is 5.32 Å². The molecule has 1 aromatic heterocycles. The first-order valence-corrected chi connectivity index (χ1v) is 7.20. The number of benzene rings is 1. The number of carbonyl (C=O) groups excluding carboxylic acids is 1. The van der Waals surface area contributed by atoms with Crippen molar-refractivity contribution in [3.05, 3.63) is 50.4 Å². The number of rotatable bonds is 4. The molecule has 0 saturated heterocycles. The molecule has 0 aliphatic heterocycles. The van der Waals surface area contributed by atoms with E-state index in [1.807, 2.05) is 11.4 Å². The Morgan fingerprint density at radius 2 is 2.16 bits per heavy atom. The lowest BCUT2D eigenvalue weighted by Crippen LogP contribution is -2.27. The van der Waals surface area contributed by atoms with E-state index in [0.29, 0.717) is 5.69 Å². The zero-order chi connectivity index (χ0) is 14.0. The van der Waals surface area contributed by atoms with E-state index in [2.05, 4.69) is 21.2 Å². The zero-order valence-corrected chi connectivity index (χ0v) is 12.5. The van der Waals surface area contributed by atoms with Crippen molar-refractivity contribution in [3.63, 3.8) is 0 Å². The maximum Gasteiger partial charge on any atom is 0.245 e. The van der Waals surface area contributed by atoms with Gasteiger partial charge >= 0.3 is 0 Å². The minimum Gasteiger partial charge on any atom is -0.369 e. The fourth-order valence-corrected chi connectivity index (χ4v) is 3.25. The van der Waals surface area contributed by atoms with E-state index < -0.39 is 11.9 Å². The van der Waals surface area contributed by atoms with Crippen molar-refractivity contribution in [3.8, 4) is 0 Å². The van der Waals surface area contributed by atoms with Crippen LogP contribution in [0.25, 0.3) is 0 Å². The lowest BCUT2D eigenvalue weighted by Gasteiger charge is -2.15. The van der Waals surface area contributed by atoms with Crippen molar-refractivity contribution in [2.24, 2.45) is 5.73 Å². The van der Waals surface area contributed by atoms with Crippen LogP contribution in [0.5, 0.6) is 0 Å². The maximum atomic E-state index is 13.3. The summed E-state index contributed by atoms with van der Waals surface area (Å²) in [5.41, 5.74) is 6.71. The van der Waals surface area contributed by atoms with E-state index in [-0.39, 0.29) is 5.82 Å². The number of nitrogens with two attached hydrogens (primary N) is 1. The molecule has 1 atom stereocenters. The third-order valence-corrected chi connectivity index (χ3v) is 4.27. The van der Waals surface area contributed by atoms with Gasteiger partial charge in [0, 0.05) is 20.4 Å². The van der Waals surface area contributed by atoms with E-state index in [4.69, 9.17) is 5.73 Å². The minimum absolute atomic E-state index is 0.349. The van der Waals surface area contributed by atoms with Crippen molar-refractivity contribution >= 4 is 38.9 Å². The lowest BCUT2D eigenvalue weighted by atomic mass is 10.1. The molecule has 100 valence electrons. The topological polar surface area (TPSA) is 55.1 Å². The highest BCUT2D eigenvalue weighted by molar-refractivity contribution is 9.10. The summed E-state index contributed by atoms with van der Waals surface area (Å²) in [7, 11) is 0. The van der Waals surface area contributed by atoms with E-state index >= 15 is 0 Å². The van der Waals surface area contributed by atoms with Gasteiger partial charge in [0.25, 0.3) is 0 Å². The Hall–Kier alpha value is -1.40. The van der Waals surface area contributed by atoms with Crippen LogP contribution in [0.1, 0.15) is 16.5 Å². The Balaban J connectivity index is 2.29. The molecule has 0 aliphatic rings. The molecule has 3 nitrogen and oxygen atoms in total. The van der Waals surface area contributed by atoms with Crippen LogP contribution in [0.15, 0.2) is 34.1 Å². The molecule has 2 aromatic rings. The minimum atomic E-state index is -0.669. The van der Waals surface area contributed by atoms with Gasteiger partial charge in [0.1, 0.15) is 11.9 Å². The highest BCUT2D eigenvalue weighted by Crippen LogP contribution is 2.28. The summed E-state index contributed by atoms with van der Waals surface area (Å²) in [5, 5.41) is 4.83. The second-order valence-corrected chi connectivity index (χ2v) is 6.02. The summed E-state index contributed by atoms with van der Waals surface area (Å²) in [6.45, 7) is 1.79. The van der Waals surface area contributed by atoms with Crippen LogP contribution in [0.4, 0.5) is 10.1 Å².